The largest absolute Gasteiger partial charge is 0.359 e. The molecule has 0 saturated carbocycles. The number of likely N-dealkylation sites (N-methyl/N-ethyl adjacent to an activating group) is 1. The van der Waals surface area contributed by atoms with Gasteiger partial charge in [0.15, 0.2) is 5.13 Å². The minimum absolute atomic E-state index is 0.00855. The van der Waals surface area contributed by atoms with Gasteiger partial charge in [-0.2, -0.15) is 0 Å². The van der Waals surface area contributed by atoms with E-state index >= 15 is 0 Å². The van der Waals surface area contributed by atoms with Gasteiger partial charge in [0.1, 0.15) is 5.82 Å². The molecule has 0 spiro atoms. The van der Waals surface area contributed by atoms with Gasteiger partial charge < -0.3 is 15.6 Å². The average molecular weight is 413 g/mol. The highest BCUT2D eigenvalue weighted by atomic mass is 32.1. The minimum atomic E-state index is -0.0926. The van der Waals surface area contributed by atoms with Crippen LogP contribution >= 0.6 is 11.3 Å². The van der Waals surface area contributed by atoms with Crippen LogP contribution in [0.3, 0.4) is 0 Å². The van der Waals surface area contributed by atoms with E-state index in [1.54, 1.807) is 12.4 Å². The molecule has 0 aliphatic carbocycles. The Kier molecular flexibility index (Phi) is 5.86. The number of hydrogen-bond donors (Lipinski definition) is 3. The maximum Gasteiger partial charge on any atom is 0.229 e. The van der Waals surface area contributed by atoms with Gasteiger partial charge in [0.05, 0.1) is 29.7 Å². The number of piperidine rings is 1. The maximum atomic E-state index is 12.6. The molecule has 152 valence electrons. The first-order valence-electron chi connectivity index (χ1n) is 9.72. The van der Waals surface area contributed by atoms with Crippen molar-refractivity contribution in [3.63, 3.8) is 0 Å². The highest BCUT2D eigenvalue weighted by Crippen LogP contribution is 2.23. The molecule has 29 heavy (non-hydrogen) atoms. The fourth-order valence-electron chi connectivity index (χ4n) is 3.55. The normalized spacial score (nSPS) is 15.5. The summed E-state index contributed by atoms with van der Waals surface area (Å²) >= 11 is 1.35. The number of amides is 2. The highest BCUT2D eigenvalue weighted by Gasteiger charge is 2.26. The SMILES string of the molecule is CNC(=O)Cc1csc(NC(=O)C2CCN(Cc3nc4ccccc4[nH]3)CC2)n1. The average Bonchev–Trinajstić information content (AvgIpc) is 3.34. The lowest BCUT2D eigenvalue weighted by atomic mass is 9.96. The number of likely N-dealkylation sites (tertiary alicyclic amines) is 1. The van der Waals surface area contributed by atoms with Gasteiger partial charge in [0, 0.05) is 18.3 Å². The third-order valence-electron chi connectivity index (χ3n) is 5.17. The number of benzene rings is 1. The number of imidazole rings is 1. The van der Waals surface area contributed by atoms with Crippen LogP contribution in [-0.2, 0) is 22.6 Å². The van der Waals surface area contributed by atoms with Crippen LogP contribution < -0.4 is 10.6 Å². The molecular weight excluding hydrogens is 388 g/mol. The van der Waals surface area contributed by atoms with Crippen molar-refractivity contribution in [2.45, 2.75) is 25.8 Å². The molecule has 3 heterocycles. The smallest absolute Gasteiger partial charge is 0.229 e. The quantitative estimate of drug-likeness (QED) is 0.576. The van der Waals surface area contributed by atoms with Crippen molar-refractivity contribution in [3.05, 3.63) is 41.2 Å². The number of aromatic amines is 1. The first kappa shape index (κ1) is 19.5. The third-order valence-corrected chi connectivity index (χ3v) is 5.98. The van der Waals surface area contributed by atoms with Crippen molar-refractivity contribution in [2.24, 2.45) is 5.92 Å². The number of thiazole rings is 1. The number of carbonyl (C=O) groups is 2. The van der Waals surface area contributed by atoms with Gasteiger partial charge in [-0.25, -0.2) is 9.97 Å². The van der Waals surface area contributed by atoms with Crippen molar-refractivity contribution < 1.29 is 9.59 Å². The first-order chi connectivity index (χ1) is 14.1. The zero-order valence-corrected chi connectivity index (χ0v) is 17.1. The molecule has 0 bridgehead atoms. The van der Waals surface area contributed by atoms with E-state index in [2.05, 4.69) is 30.5 Å². The summed E-state index contributed by atoms with van der Waals surface area (Å²) in [6, 6.07) is 8.02. The summed E-state index contributed by atoms with van der Waals surface area (Å²) in [5.74, 6) is 0.855. The molecule has 3 N–H and O–H groups in total. The summed E-state index contributed by atoms with van der Waals surface area (Å²) in [4.78, 5) is 38.7. The number of carbonyl (C=O) groups excluding carboxylic acids is 2. The van der Waals surface area contributed by atoms with Gasteiger partial charge in [-0.1, -0.05) is 12.1 Å². The van der Waals surface area contributed by atoms with Crippen LogP contribution in [0.5, 0.6) is 0 Å². The monoisotopic (exact) mass is 412 g/mol. The molecule has 8 nitrogen and oxygen atoms in total. The van der Waals surface area contributed by atoms with E-state index in [-0.39, 0.29) is 24.2 Å². The van der Waals surface area contributed by atoms with Crippen LogP contribution in [-0.4, -0.2) is 51.8 Å². The zero-order chi connectivity index (χ0) is 20.2. The topological polar surface area (TPSA) is 103 Å². The van der Waals surface area contributed by atoms with E-state index in [9.17, 15) is 9.59 Å². The van der Waals surface area contributed by atoms with Crippen molar-refractivity contribution >= 4 is 39.3 Å². The maximum absolute atomic E-state index is 12.6. The Bertz CT molecular complexity index is 972. The van der Waals surface area contributed by atoms with E-state index in [1.807, 2.05) is 24.3 Å². The second kappa shape index (κ2) is 8.71. The Morgan fingerprint density at radius 2 is 2.03 bits per heavy atom. The third kappa shape index (κ3) is 4.80. The van der Waals surface area contributed by atoms with Gasteiger partial charge in [0.2, 0.25) is 11.8 Å². The lowest BCUT2D eigenvalue weighted by molar-refractivity contribution is -0.121. The lowest BCUT2D eigenvalue weighted by Crippen LogP contribution is -2.38. The van der Waals surface area contributed by atoms with Gasteiger partial charge in [-0.3, -0.25) is 14.5 Å². The summed E-state index contributed by atoms with van der Waals surface area (Å²) in [7, 11) is 1.60. The molecule has 0 radical (unpaired) electrons. The molecule has 1 aromatic carbocycles. The van der Waals surface area contributed by atoms with E-state index in [4.69, 9.17) is 0 Å². The zero-order valence-electron chi connectivity index (χ0n) is 16.3. The molecule has 0 unspecified atom stereocenters. The van der Waals surface area contributed by atoms with Crippen LogP contribution in [0.1, 0.15) is 24.4 Å². The van der Waals surface area contributed by atoms with Gasteiger partial charge >= 0.3 is 0 Å². The van der Waals surface area contributed by atoms with Crippen molar-refractivity contribution in [2.75, 3.05) is 25.5 Å². The summed E-state index contributed by atoms with van der Waals surface area (Å²) in [6.07, 6.45) is 1.84. The van der Waals surface area contributed by atoms with E-state index in [1.165, 1.54) is 11.3 Å². The molecular formula is C20H24N6O2S. The summed E-state index contributed by atoms with van der Waals surface area (Å²) in [5, 5.41) is 7.84. The molecule has 2 amide bonds. The minimum Gasteiger partial charge on any atom is -0.359 e. The predicted molar refractivity (Wildman–Crippen MR) is 113 cm³/mol. The second-order valence-corrected chi connectivity index (χ2v) is 8.09. The van der Waals surface area contributed by atoms with Gasteiger partial charge in [-0.15, -0.1) is 11.3 Å². The molecule has 0 atom stereocenters. The highest BCUT2D eigenvalue weighted by molar-refractivity contribution is 7.13. The van der Waals surface area contributed by atoms with Crippen molar-refractivity contribution in [1.82, 2.24) is 25.2 Å². The number of rotatable bonds is 6. The number of hydrogen-bond acceptors (Lipinski definition) is 6. The van der Waals surface area contributed by atoms with Crippen LogP contribution in [0, 0.1) is 5.92 Å². The molecule has 3 aromatic rings. The Hall–Kier alpha value is -2.78. The van der Waals surface area contributed by atoms with Gasteiger partial charge in [-0.05, 0) is 38.1 Å². The van der Waals surface area contributed by atoms with Crippen molar-refractivity contribution in [3.8, 4) is 0 Å². The number of fused-ring (bicyclic) bond motifs is 1. The Labute approximate surface area is 172 Å². The number of para-hydroxylation sites is 2. The standard InChI is InChI=1S/C20H24N6O2S/c1-21-18(27)10-14-12-29-20(22-14)25-19(28)13-6-8-26(9-7-13)11-17-23-15-4-2-3-5-16(15)24-17/h2-5,12-13H,6-11H2,1H3,(H,21,27)(H,23,24)(H,22,25,28). The lowest BCUT2D eigenvalue weighted by Gasteiger charge is -2.30. The van der Waals surface area contributed by atoms with Crippen LogP contribution in [0.15, 0.2) is 29.6 Å². The summed E-state index contributed by atoms with van der Waals surface area (Å²) in [6.45, 7) is 2.47. The molecule has 1 saturated heterocycles. The Morgan fingerprint density at radius 3 is 2.79 bits per heavy atom. The second-order valence-electron chi connectivity index (χ2n) is 7.23. The molecule has 1 aliphatic rings. The predicted octanol–water partition coefficient (Wildman–Crippen LogP) is 2.16. The summed E-state index contributed by atoms with van der Waals surface area (Å²) in [5.41, 5.74) is 2.71. The summed E-state index contributed by atoms with van der Waals surface area (Å²) < 4.78 is 0. The number of anilines is 1. The molecule has 9 heteroatoms. The number of aromatic nitrogens is 3. The Balaban J connectivity index is 1.26. The van der Waals surface area contributed by atoms with Crippen LogP contribution in [0.4, 0.5) is 5.13 Å². The van der Waals surface area contributed by atoms with E-state index < -0.39 is 0 Å². The van der Waals surface area contributed by atoms with Crippen LogP contribution in [0.25, 0.3) is 11.0 Å². The number of nitrogens with zero attached hydrogens (tertiary/aromatic N) is 3. The van der Waals surface area contributed by atoms with Gasteiger partial charge in [0.25, 0.3) is 0 Å². The Morgan fingerprint density at radius 1 is 1.24 bits per heavy atom. The van der Waals surface area contributed by atoms with Crippen LogP contribution in [0.2, 0.25) is 0 Å². The fourth-order valence-corrected chi connectivity index (χ4v) is 4.26. The number of nitrogens with one attached hydrogen (secondary N) is 3. The first-order valence-corrected chi connectivity index (χ1v) is 10.6. The fraction of sp³-hybridized carbons (Fsp3) is 0.400. The van der Waals surface area contributed by atoms with E-state index in [0.717, 1.165) is 49.3 Å². The molecule has 1 fully saturated rings. The van der Waals surface area contributed by atoms with Crippen molar-refractivity contribution in [1.29, 1.82) is 0 Å². The molecule has 1 aliphatic heterocycles. The van der Waals surface area contributed by atoms with E-state index in [0.29, 0.717) is 10.8 Å². The molecule has 2 aromatic heterocycles. The molecule has 4 rings (SSSR count). The number of H-pyrrole nitrogens is 1.